The third-order valence-electron chi connectivity index (χ3n) is 1.42. The fourth-order valence-corrected chi connectivity index (χ4v) is 1.46. The second kappa shape index (κ2) is 4.05. The van der Waals surface area contributed by atoms with Crippen molar-refractivity contribution in [2.24, 2.45) is 0 Å². The fraction of sp³-hybridized carbons (Fsp3) is 0.333. The minimum absolute atomic E-state index is 0.655. The minimum Gasteiger partial charge on any atom is -0.170 e. The highest BCUT2D eigenvalue weighted by Crippen LogP contribution is 2.27. The average Bonchev–Trinajstić information content (AvgIpc) is 2.02. The number of rotatable bonds is 2. The lowest BCUT2D eigenvalue weighted by Gasteiger charge is -2.05. The van der Waals surface area contributed by atoms with Crippen LogP contribution in [0.3, 0.4) is 0 Å². The van der Waals surface area contributed by atoms with E-state index in [0.29, 0.717) is 4.90 Å². The van der Waals surface area contributed by atoms with Gasteiger partial charge in [-0.05, 0) is 19.1 Å². The average molecular weight is 206 g/mol. The summed E-state index contributed by atoms with van der Waals surface area (Å²) in [5.74, 6) is -0.823. The van der Waals surface area contributed by atoms with E-state index in [-0.39, 0.29) is 0 Å². The first kappa shape index (κ1) is 10.4. The zero-order valence-electron chi connectivity index (χ0n) is 7.06. The van der Waals surface area contributed by atoms with Crippen LogP contribution in [0.15, 0.2) is 29.2 Å². The van der Waals surface area contributed by atoms with Gasteiger partial charge >= 0.3 is 6.18 Å². The SMILES string of the molecule is Cc1ccc(SCC(F)(F)F)cc1. The number of benzene rings is 1. The minimum atomic E-state index is -4.09. The summed E-state index contributed by atoms with van der Waals surface area (Å²) in [6.45, 7) is 1.90. The summed E-state index contributed by atoms with van der Waals surface area (Å²) in [6.07, 6.45) is -4.09. The molecule has 0 unspecified atom stereocenters. The second-order valence-corrected chi connectivity index (χ2v) is 3.77. The van der Waals surface area contributed by atoms with Crippen LogP contribution in [0.4, 0.5) is 13.2 Å². The Kier molecular flexibility index (Phi) is 3.25. The smallest absolute Gasteiger partial charge is 0.170 e. The summed E-state index contributed by atoms with van der Waals surface area (Å²) in [7, 11) is 0. The third-order valence-corrected chi connectivity index (χ3v) is 2.50. The number of hydrogen-bond donors (Lipinski definition) is 0. The summed E-state index contributed by atoms with van der Waals surface area (Å²) in [4.78, 5) is 0.655. The van der Waals surface area contributed by atoms with E-state index in [2.05, 4.69) is 0 Å². The van der Waals surface area contributed by atoms with Crippen LogP contribution < -0.4 is 0 Å². The molecule has 0 amide bonds. The lowest BCUT2D eigenvalue weighted by atomic mass is 10.2. The van der Waals surface area contributed by atoms with E-state index in [1.165, 1.54) is 0 Å². The second-order valence-electron chi connectivity index (χ2n) is 2.72. The molecule has 0 radical (unpaired) electrons. The zero-order chi connectivity index (χ0) is 9.90. The summed E-state index contributed by atoms with van der Waals surface area (Å²) in [5, 5.41) is 0. The van der Waals surface area contributed by atoms with Crippen LogP contribution in [0.1, 0.15) is 5.56 Å². The van der Waals surface area contributed by atoms with Crippen molar-refractivity contribution in [2.45, 2.75) is 18.0 Å². The molecule has 0 aliphatic heterocycles. The summed E-state index contributed by atoms with van der Waals surface area (Å²) < 4.78 is 35.4. The van der Waals surface area contributed by atoms with Gasteiger partial charge in [0.1, 0.15) is 0 Å². The number of hydrogen-bond acceptors (Lipinski definition) is 1. The van der Waals surface area contributed by atoms with Crippen molar-refractivity contribution in [1.82, 2.24) is 0 Å². The van der Waals surface area contributed by atoms with Crippen LogP contribution in [0.5, 0.6) is 0 Å². The van der Waals surface area contributed by atoms with Gasteiger partial charge in [0.2, 0.25) is 0 Å². The Bertz CT molecular complexity index is 263. The molecule has 0 aliphatic carbocycles. The quantitative estimate of drug-likeness (QED) is 0.665. The van der Waals surface area contributed by atoms with Gasteiger partial charge in [0, 0.05) is 4.90 Å². The maximum atomic E-state index is 11.8. The van der Waals surface area contributed by atoms with E-state index in [1.54, 1.807) is 24.3 Å². The molecule has 0 spiro atoms. The van der Waals surface area contributed by atoms with Gasteiger partial charge in [0.25, 0.3) is 0 Å². The van der Waals surface area contributed by atoms with Gasteiger partial charge in [-0.2, -0.15) is 13.2 Å². The number of aryl methyl sites for hydroxylation is 1. The van der Waals surface area contributed by atoms with Gasteiger partial charge in [-0.15, -0.1) is 11.8 Å². The van der Waals surface area contributed by atoms with Crippen LogP contribution in [0.2, 0.25) is 0 Å². The van der Waals surface area contributed by atoms with Crippen molar-refractivity contribution < 1.29 is 13.2 Å². The molecule has 0 saturated carbocycles. The summed E-state index contributed by atoms with van der Waals surface area (Å²) in [5.41, 5.74) is 1.05. The van der Waals surface area contributed by atoms with E-state index in [9.17, 15) is 13.2 Å². The molecule has 13 heavy (non-hydrogen) atoms. The highest BCUT2D eigenvalue weighted by Gasteiger charge is 2.26. The first-order chi connectivity index (χ1) is 5.97. The molecule has 0 aromatic heterocycles. The van der Waals surface area contributed by atoms with Crippen molar-refractivity contribution >= 4 is 11.8 Å². The number of alkyl halides is 3. The van der Waals surface area contributed by atoms with E-state index < -0.39 is 11.9 Å². The Balaban J connectivity index is 2.51. The van der Waals surface area contributed by atoms with Gasteiger partial charge < -0.3 is 0 Å². The predicted molar refractivity (Wildman–Crippen MR) is 48.0 cm³/mol. The number of thioether (sulfide) groups is 1. The first-order valence-electron chi connectivity index (χ1n) is 3.73. The van der Waals surface area contributed by atoms with Crippen LogP contribution in [-0.2, 0) is 0 Å². The third kappa shape index (κ3) is 4.22. The topological polar surface area (TPSA) is 0 Å². The molecule has 0 N–H and O–H groups in total. The largest absolute Gasteiger partial charge is 0.398 e. The molecule has 0 atom stereocenters. The van der Waals surface area contributed by atoms with Crippen molar-refractivity contribution in [3.05, 3.63) is 29.8 Å². The monoisotopic (exact) mass is 206 g/mol. The molecule has 1 aromatic rings. The van der Waals surface area contributed by atoms with Crippen LogP contribution >= 0.6 is 11.8 Å². The van der Waals surface area contributed by atoms with E-state index >= 15 is 0 Å². The normalized spacial score (nSPS) is 11.7. The van der Waals surface area contributed by atoms with Gasteiger partial charge in [0.15, 0.2) is 0 Å². The Morgan fingerprint density at radius 1 is 1.15 bits per heavy atom. The van der Waals surface area contributed by atoms with Crippen molar-refractivity contribution in [2.75, 3.05) is 5.75 Å². The maximum Gasteiger partial charge on any atom is 0.398 e. The molecular weight excluding hydrogens is 197 g/mol. The lowest BCUT2D eigenvalue weighted by molar-refractivity contribution is -0.105. The molecule has 1 rings (SSSR count). The Hall–Kier alpha value is -0.640. The molecule has 0 heterocycles. The first-order valence-corrected chi connectivity index (χ1v) is 4.72. The molecule has 0 fully saturated rings. The lowest BCUT2D eigenvalue weighted by Crippen LogP contribution is -2.10. The van der Waals surface area contributed by atoms with Gasteiger partial charge in [-0.3, -0.25) is 0 Å². The van der Waals surface area contributed by atoms with E-state index in [1.807, 2.05) is 6.92 Å². The van der Waals surface area contributed by atoms with Gasteiger partial charge in [0.05, 0.1) is 5.75 Å². The Labute approximate surface area is 79.1 Å². The van der Waals surface area contributed by atoms with Crippen molar-refractivity contribution in [1.29, 1.82) is 0 Å². The molecule has 0 nitrogen and oxygen atoms in total. The molecule has 0 saturated heterocycles. The molecule has 72 valence electrons. The summed E-state index contributed by atoms with van der Waals surface area (Å²) >= 11 is 0.811. The number of halogens is 3. The standard InChI is InChI=1S/C9H9F3S/c1-7-2-4-8(5-3-7)13-6-9(10,11)12/h2-5H,6H2,1H3. The molecule has 0 bridgehead atoms. The Morgan fingerprint density at radius 2 is 1.69 bits per heavy atom. The van der Waals surface area contributed by atoms with Crippen LogP contribution in [0, 0.1) is 6.92 Å². The van der Waals surface area contributed by atoms with Crippen molar-refractivity contribution in [3.63, 3.8) is 0 Å². The van der Waals surface area contributed by atoms with Crippen molar-refractivity contribution in [3.8, 4) is 0 Å². The van der Waals surface area contributed by atoms with E-state index in [4.69, 9.17) is 0 Å². The van der Waals surface area contributed by atoms with Crippen LogP contribution in [-0.4, -0.2) is 11.9 Å². The van der Waals surface area contributed by atoms with Crippen LogP contribution in [0.25, 0.3) is 0 Å². The molecular formula is C9H9F3S. The molecule has 0 aliphatic rings. The predicted octanol–water partition coefficient (Wildman–Crippen LogP) is 3.65. The molecule has 1 aromatic carbocycles. The highest BCUT2D eigenvalue weighted by molar-refractivity contribution is 7.99. The fourth-order valence-electron chi connectivity index (χ4n) is 0.800. The molecule has 4 heteroatoms. The Morgan fingerprint density at radius 3 is 2.15 bits per heavy atom. The van der Waals surface area contributed by atoms with E-state index in [0.717, 1.165) is 17.3 Å². The highest BCUT2D eigenvalue weighted by atomic mass is 32.2. The maximum absolute atomic E-state index is 11.8. The summed E-state index contributed by atoms with van der Waals surface area (Å²) in [6, 6.07) is 7.01. The zero-order valence-corrected chi connectivity index (χ0v) is 7.88. The van der Waals surface area contributed by atoms with Gasteiger partial charge in [-0.1, -0.05) is 17.7 Å². The van der Waals surface area contributed by atoms with Gasteiger partial charge in [-0.25, -0.2) is 0 Å².